The molecule has 1 fully saturated rings. The monoisotopic (exact) mass is 477 g/mol. The minimum absolute atomic E-state index is 0.0806. The molecule has 6 nitrogen and oxygen atoms in total. The van der Waals surface area contributed by atoms with Gasteiger partial charge < -0.3 is 19.5 Å². The Balaban J connectivity index is 2.20. The van der Waals surface area contributed by atoms with Crippen molar-refractivity contribution in [2.75, 3.05) is 20.3 Å². The van der Waals surface area contributed by atoms with E-state index in [-0.39, 0.29) is 16.7 Å². The highest BCUT2D eigenvalue weighted by molar-refractivity contribution is 6.46. The Hall–Kier alpha value is -3.54. The van der Waals surface area contributed by atoms with Gasteiger partial charge in [0.05, 0.1) is 18.7 Å². The molecule has 0 aliphatic carbocycles. The van der Waals surface area contributed by atoms with Crippen LogP contribution in [-0.2, 0) is 15.0 Å². The van der Waals surface area contributed by atoms with Crippen LogP contribution in [0.4, 0.5) is 0 Å². The molecule has 6 heteroatoms. The lowest BCUT2D eigenvalue weighted by molar-refractivity contribution is -0.139. The number of unbranched alkanes of at least 4 members (excludes halogenated alkanes) is 1. The van der Waals surface area contributed by atoms with Gasteiger partial charge in [0.15, 0.2) is 0 Å². The topological polar surface area (TPSA) is 76.1 Å². The molecule has 0 bridgehead atoms. The second-order valence-corrected chi connectivity index (χ2v) is 9.68. The molecule has 1 atom stereocenters. The van der Waals surface area contributed by atoms with Crippen molar-refractivity contribution in [3.8, 4) is 11.5 Å². The number of amides is 1. The average Bonchev–Trinajstić information content (AvgIpc) is 3.09. The van der Waals surface area contributed by atoms with Gasteiger partial charge in [0.2, 0.25) is 0 Å². The number of likely N-dealkylation sites (tertiary alicyclic amines) is 1. The molecular formula is C29H35NO5. The highest BCUT2D eigenvalue weighted by Gasteiger charge is 2.46. The van der Waals surface area contributed by atoms with Crippen molar-refractivity contribution in [3.05, 3.63) is 77.4 Å². The van der Waals surface area contributed by atoms with Crippen molar-refractivity contribution in [3.63, 3.8) is 0 Å². The Morgan fingerprint density at radius 2 is 1.91 bits per heavy atom. The number of hydrogen-bond donors (Lipinski definition) is 1. The minimum atomic E-state index is -0.714. The van der Waals surface area contributed by atoms with E-state index >= 15 is 0 Å². The van der Waals surface area contributed by atoms with Crippen LogP contribution >= 0.6 is 0 Å². The molecule has 0 saturated carbocycles. The van der Waals surface area contributed by atoms with Crippen LogP contribution in [0.2, 0.25) is 0 Å². The van der Waals surface area contributed by atoms with Gasteiger partial charge in [-0.1, -0.05) is 58.9 Å². The van der Waals surface area contributed by atoms with Crippen molar-refractivity contribution in [1.82, 2.24) is 4.90 Å². The zero-order chi connectivity index (χ0) is 25.8. The van der Waals surface area contributed by atoms with Crippen LogP contribution in [0, 0.1) is 0 Å². The summed E-state index contributed by atoms with van der Waals surface area (Å²) in [4.78, 5) is 27.9. The molecule has 186 valence electrons. The van der Waals surface area contributed by atoms with E-state index in [0.717, 1.165) is 18.4 Å². The molecular weight excluding hydrogens is 442 g/mol. The molecule has 1 aliphatic heterocycles. The molecule has 1 heterocycles. The van der Waals surface area contributed by atoms with Crippen LogP contribution < -0.4 is 9.47 Å². The van der Waals surface area contributed by atoms with E-state index < -0.39 is 17.7 Å². The lowest BCUT2D eigenvalue weighted by Crippen LogP contribution is -2.30. The van der Waals surface area contributed by atoms with Crippen LogP contribution in [-0.4, -0.2) is 42.0 Å². The number of aliphatic hydroxyl groups is 1. The zero-order valence-electron chi connectivity index (χ0n) is 21.3. The van der Waals surface area contributed by atoms with Crippen molar-refractivity contribution >= 4 is 17.4 Å². The number of benzene rings is 2. The molecule has 35 heavy (non-hydrogen) atoms. The van der Waals surface area contributed by atoms with Gasteiger partial charge in [0, 0.05) is 17.7 Å². The Kier molecular flexibility index (Phi) is 8.05. The smallest absolute Gasteiger partial charge is 0.295 e. The van der Waals surface area contributed by atoms with Gasteiger partial charge in [0.1, 0.15) is 23.9 Å². The molecule has 0 radical (unpaired) electrons. The van der Waals surface area contributed by atoms with Gasteiger partial charge in [-0.15, -0.1) is 0 Å². The summed E-state index contributed by atoms with van der Waals surface area (Å²) in [5.41, 5.74) is 1.88. The fraction of sp³-hybridized carbons (Fsp3) is 0.379. The standard InChI is InChI=1S/C29H35NO5/c1-7-9-15-30-25(19-11-10-12-21(17-19)35-16-8-2)24(27(32)28(30)33)26(31)20-13-14-23(34-6)22(18-20)29(3,4)5/h8,10-14,17-18,25,31H,2,7,9,15-16H2,1,3-6H3/b26-24+. The first kappa shape index (κ1) is 26.1. The molecule has 0 spiro atoms. The predicted molar refractivity (Wildman–Crippen MR) is 138 cm³/mol. The van der Waals surface area contributed by atoms with Gasteiger partial charge >= 0.3 is 0 Å². The number of aliphatic hydroxyl groups excluding tert-OH is 1. The maximum absolute atomic E-state index is 13.3. The fourth-order valence-corrected chi connectivity index (χ4v) is 4.31. The van der Waals surface area contributed by atoms with E-state index in [0.29, 0.717) is 35.8 Å². The number of Topliss-reactive ketones (excluding diaryl/α,β-unsaturated/α-hetero) is 1. The van der Waals surface area contributed by atoms with Crippen molar-refractivity contribution in [2.45, 2.75) is 52.0 Å². The van der Waals surface area contributed by atoms with Crippen LogP contribution in [0.1, 0.15) is 63.3 Å². The van der Waals surface area contributed by atoms with E-state index in [1.54, 1.807) is 36.3 Å². The third-order valence-electron chi connectivity index (χ3n) is 6.12. The van der Waals surface area contributed by atoms with Gasteiger partial charge in [-0.25, -0.2) is 0 Å². The highest BCUT2D eigenvalue weighted by Crippen LogP contribution is 2.41. The van der Waals surface area contributed by atoms with Crippen LogP contribution in [0.3, 0.4) is 0 Å². The Morgan fingerprint density at radius 1 is 1.17 bits per heavy atom. The number of hydrogen-bond acceptors (Lipinski definition) is 5. The van der Waals surface area contributed by atoms with Gasteiger partial charge in [0.25, 0.3) is 11.7 Å². The van der Waals surface area contributed by atoms with Crippen LogP contribution in [0.25, 0.3) is 5.76 Å². The van der Waals surface area contributed by atoms with E-state index in [4.69, 9.17) is 9.47 Å². The number of carbonyl (C=O) groups is 2. The molecule has 1 N–H and O–H groups in total. The maximum Gasteiger partial charge on any atom is 0.295 e. The molecule has 2 aromatic carbocycles. The number of nitrogens with zero attached hydrogens (tertiary/aromatic N) is 1. The zero-order valence-corrected chi connectivity index (χ0v) is 21.3. The summed E-state index contributed by atoms with van der Waals surface area (Å²) in [5, 5.41) is 11.4. The first-order valence-electron chi connectivity index (χ1n) is 11.9. The Bertz CT molecular complexity index is 1140. The van der Waals surface area contributed by atoms with Gasteiger partial charge in [-0.3, -0.25) is 9.59 Å². The summed E-state index contributed by atoms with van der Waals surface area (Å²) in [6.07, 6.45) is 3.26. The number of rotatable bonds is 9. The molecule has 3 rings (SSSR count). The second kappa shape index (κ2) is 10.8. The quantitative estimate of drug-likeness (QED) is 0.214. The van der Waals surface area contributed by atoms with Crippen LogP contribution in [0.5, 0.6) is 11.5 Å². The van der Waals surface area contributed by atoms with E-state index in [9.17, 15) is 14.7 Å². The largest absolute Gasteiger partial charge is 0.507 e. The fourth-order valence-electron chi connectivity index (χ4n) is 4.31. The first-order chi connectivity index (χ1) is 16.6. The summed E-state index contributed by atoms with van der Waals surface area (Å²) in [5.74, 6) is -0.192. The number of ketones is 1. The molecule has 1 saturated heterocycles. The Labute approximate surface area is 207 Å². The van der Waals surface area contributed by atoms with Crippen molar-refractivity contribution in [2.24, 2.45) is 0 Å². The number of methoxy groups -OCH3 is 1. The van der Waals surface area contributed by atoms with Crippen molar-refractivity contribution < 1.29 is 24.2 Å². The predicted octanol–water partition coefficient (Wildman–Crippen LogP) is 5.78. The van der Waals surface area contributed by atoms with Crippen molar-refractivity contribution in [1.29, 1.82) is 0 Å². The third-order valence-corrected chi connectivity index (χ3v) is 6.12. The molecule has 1 aliphatic rings. The third kappa shape index (κ3) is 5.42. The number of carbonyl (C=O) groups excluding carboxylic acids is 2. The summed E-state index contributed by atoms with van der Waals surface area (Å²) in [6, 6.07) is 11.9. The first-order valence-corrected chi connectivity index (χ1v) is 11.9. The summed E-state index contributed by atoms with van der Waals surface area (Å²) >= 11 is 0. The molecule has 1 amide bonds. The summed E-state index contributed by atoms with van der Waals surface area (Å²) < 4.78 is 11.2. The summed E-state index contributed by atoms with van der Waals surface area (Å²) in [7, 11) is 1.60. The van der Waals surface area contributed by atoms with E-state index in [2.05, 4.69) is 6.58 Å². The summed E-state index contributed by atoms with van der Waals surface area (Å²) in [6.45, 7) is 12.6. The highest BCUT2D eigenvalue weighted by atomic mass is 16.5. The lowest BCUT2D eigenvalue weighted by Gasteiger charge is -2.26. The average molecular weight is 478 g/mol. The maximum atomic E-state index is 13.3. The molecule has 0 aromatic heterocycles. The van der Waals surface area contributed by atoms with Gasteiger partial charge in [-0.05, 0) is 47.7 Å². The van der Waals surface area contributed by atoms with Crippen LogP contribution in [0.15, 0.2) is 60.7 Å². The Morgan fingerprint density at radius 3 is 2.54 bits per heavy atom. The van der Waals surface area contributed by atoms with E-state index in [1.165, 1.54) is 0 Å². The minimum Gasteiger partial charge on any atom is -0.507 e. The van der Waals surface area contributed by atoms with E-state index in [1.807, 2.05) is 52.0 Å². The number of ether oxygens (including phenoxy) is 2. The normalized spacial score (nSPS) is 17.5. The molecule has 2 aromatic rings. The van der Waals surface area contributed by atoms with Gasteiger partial charge in [-0.2, -0.15) is 0 Å². The molecule has 1 unspecified atom stereocenters. The lowest BCUT2D eigenvalue weighted by atomic mass is 9.84. The SMILES string of the molecule is C=CCOc1cccc(C2/C(=C(\O)c3ccc(OC)c(C(C)(C)C)c3)C(=O)C(=O)N2CCCC)c1. The second-order valence-electron chi connectivity index (χ2n) is 9.68.